The monoisotopic (exact) mass is 482 g/mol. The number of benzene rings is 2. The van der Waals surface area contributed by atoms with Gasteiger partial charge in [0.25, 0.3) is 5.91 Å². The minimum absolute atomic E-state index is 0.145. The molecule has 172 valence electrons. The van der Waals surface area contributed by atoms with Crippen LogP contribution in [0.5, 0.6) is 0 Å². The van der Waals surface area contributed by atoms with Crippen LogP contribution in [-0.4, -0.2) is 40.9 Å². The molecule has 1 amide bonds. The maximum absolute atomic E-state index is 13.7. The van der Waals surface area contributed by atoms with E-state index in [2.05, 4.69) is 10.1 Å². The molecule has 2 aromatic heterocycles. The van der Waals surface area contributed by atoms with Crippen LogP contribution in [0.25, 0.3) is 10.2 Å². The van der Waals surface area contributed by atoms with Gasteiger partial charge >= 0.3 is 0 Å². The summed E-state index contributed by atoms with van der Waals surface area (Å²) < 4.78 is 28.2. The topological polar surface area (TPSA) is 85.2 Å². The first-order chi connectivity index (χ1) is 15.7. The van der Waals surface area contributed by atoms with Crippen LogP contribution in [0.4, 0.5) is 5.13 Å². The molecule has 0 saturated carbocycles. The molecule has 0 N–H and O–H groups in total. The standard InChI is InChI=1S/C24H26N4O3S2/c1-16(2)33(30,31)20-9-7-8-19(15-20)23(29)27(12-13-28-18(4)14-17(3)26-28)24-25-21-10-5-6-11-22(21)32-24/h5-11,14-16H,12-13H2,1-4H3. The maximum Gasteiger partial charge on any atom is 0.260 e. The van der Waals surface area contributed by atoms with Crippen LogP contribution < -0.4 is 4.90 Å². The van der Waals surface area contributed by atoms with Gasteiger partial charge in [0.1, 0.15) is 0 Å². The third-order valence-corrected chi connectivity index (χ3v) is 8.64. The molecule has 4 aromatic rings. The Labute approximate surface area is 197 Å². The van der Waals surface area contributed by atoms with Crippen molar-refractivity contribution in [2.24, 2.45) is 0 Å². The highest BCUT2D eigenvalue weighted by Crippen LogP contribution is 2.30. The lowest BCUT2D eigenvalue weighted by Gasteiger charge is -2.21. The number of aryl methyl sites for hydroxylation is 2. The Morgan fingerprint density at radius 1 is 1.09 bits per heavy atom. The van der Waals surface area contributed by atoms with E-state index in [1.54, 1.807) is 30.9 Å². The van der Waals surface area contributed by atoms with Crippen molar-refractivity contribution >= 4 is 42.4 Å². The highest BCUT2D eigenvalue weighted by molar-refractivity contribution is 7.92. The summed E-state index contributed by atoms with van der Waals surface area (Å²) in [5, 5.41) is 4.49. The van der Waals surface area contributed by atoms with Crippen LogP contribution in [0.15, 0.2) is 59.5 Å². The smallest absolute Gasteiger partial charge is 0.260 e. The van der Waals surface area contributed by atoms with E-state index in [1.165, 1.54) is 23.5 Å². The second-order valence-corrected chi connectivity index (χ2v) is 11.7. The maximum atomic E-state index is 13.7. The third kappa shape index (κ3) is 4.69. The number of fused-ring (bicyclic) bond motifs is 1. The molecule has 2 heterocycles. The number of amides is 1. The quantitative estimate of drug-likeness (QED) is 0.383. The molecule has 0 bridgehead atoms. The molecule has 0 fully saturated rings. The van der Waals surface area contributed by atoms with Crippen LogP contribution in [0.3, 0.4) is 0 Å². The normalized spacial score (nSPS) is 11.9. The van der Waals surface area contributed by atoms with Crippen molar-refractivity contribution in [2.45, 2.75) is 44.4 Å². The molecule has 2 aromatic carbocycles. The molecule has 9 heteroatoms. The second kappa shape index (κ2) is 9.07. The number of carbonyl (C=O) groups is 1. The minimum Gasteiger partial charge on any atom is -0.282 e. The number of carbonyl (C=O) groups excluding carboxylic acids is 1. The molecule has 0 aliphatic carbocycles. The first-order valence-electron chi connectivity index (χ1n) is 10.7. The van der Waals surface area contributed by atoms with Crippen molar-refractivity contribution in [3.05, 3.63) is 71.5 Å². The predicted molar refractivity (Wildman–Crippen MR) is 132 cm³/mol. The summed E-state index contributed by atoms with van der Waals surface area (Å²) in [4.78, 5) is 20.1. The van der Waals surface area contributed by atoms with E-state index >= 15 is 0 Å². The number of sulfone groups is 1. The average Bonchev–Trinajstić information content (AvgIpc) is 3.35. The van der Waals surface area contributed by atoms with Gasteiger partial charge in [0.2, 0.25) is 0 Å². The molecule has 0 aliphatic heterocycles. The Hall–Kier alpha value is -3.04. The molecule has 0 radical (unpaired) electrons. The summed E-state index contributed by atoms with van der Waals surface area (Å²) in [5.41, 5.74) is 3.05. The highest BCUT2D eigenvalue weighted by Gasteiger charge is 2.25. The van der Waals surface area contributed by atoms with Crippen molar-refractivity contribution in [1.29, 1.82) is 0 Å². The van der Waals surface area contributed by atoms with E-state index in [0.717, 1.165) is 21.6 Å². The third-order valence-electron chi connectivity index (χ3n) is 5.43. The summed E-state index contributed by atoms with van der Waals surface area (Å²) in [7, 11) is -3.50. The van der Waals surface area contributed by atoms with E-state index < -0.39 is 15.1 Å². The number of nitrogens with zero attached hydrogens (tertiary/aromatic N) is 4. The van der Waals surface area contributed by atoms with Gasteiger partial charge in [0.15, 0.2) is 15.0 Å². The highest BCUT2D eigenvalue weighted by atomic mass is 32.2. The SMILES string of the molecule is Cc1cc(C)n(CCN(C(=O)c2cccc(S(=O)(=O)C(C)C)c2)c2nc3ccccc3s2)n1. The molecule has 4 rings (SSSR count). The van der Waals surface area contributed by atoms with Crippen molar-refractivity contribution in [3.8, 4) is 0 Å². The lowest BCUT2D eigenvalue weighted by Crippen LogP contribution is -2.34. The number of hydrogen-bond acceptors (Lipinski definition) is 6. The van der Waals surface area contributed by atoms with Crippen LogP contribution in [0, 0.1) is 13.8 Å². The van der Waals surface area contributed by atoms with Gasteiger partial charge in [-0.3, -0.25) is 14.4 Å². The van der Waals surface area contributed by atoms with Crippen LogP contribution in [0.2, 0.25) is 0 Å². The first kappa shape index (κ1) is 23.1. The fourth-order valence-electron chi connectivity index (χ4n) is 3.59. The largest absolute Gasteiger partial charge is 0.282 e. The predicted octanol–water partition coefficient (Wildman–Crippen LogP) is 4.64. The van der Waals surface area contributed by atoms with Gasteiger partial charge in [-0.2, -0.15) is 5.10 Å². The molecule has 0 spiro atoms. The number of hydrogen-bond donors (Lipinski definition) is 0. The summed E-state index contributed by atoms with van der Waals surface area (Å²) in [6.45, 7) is 8.01. The Kier molecular flexibility index (Phi) is 6.36. The van der Waals surface area contributed by atoms with E-state index in [9.17, 15) is 13.2 Å². The van der Waals surface area contributed by atoms with Crippen LogP contribution in [0.1, 0.15) is 35.6 Å². The number of anilines is 1. The Balaban J connectivity index is 1.72. The van der Waals surface area contributed by atoms with Gasteiger partial charge in [-0.1, -0.05) is 29.5 Å². The van der Waals surface area contributed by atoms with Gasteiger partial charge in [-0.25, -0.2) is 13.4 Å². The first-order valence-corrected chi connectivity index (χ1v) is 13.1. The van der Waals surface area contributed by atoms with Crippen molar-refractivity contribution in [3.63, 3.8) is 0 Å². The zero-order valence-electron chi connectivity index (χ0n) is 19.0. The van der Waals surface area contributed by atoms with E-state index in [-0.39, 0.29) is 10.8 Å². The van der Waals surface area contributed by atoms with Crippen molar-refractivity contribution in [2.75, 3.05) is 11.4 Å². The molecule has 7 nitrogen and oxygen atoms in total. The minimum atomic E-state index is -3.50. The number of aromatic nitrogens is 3. The lowest BCUT2D eigenvalue weighted by molar-refractivity contribution is 0.0985. The van der Waals surface area contributed by atoms with Crippen molar-refractivity contribution in [1.82, 2.24) is 14.8 Å². The lowest BCUT2D eigenvalue weighted by atomic mass is 10.2. The average molecular weight is 483 g/mol. The summed E-state index contributed by atoms with van der Waals surface area (Å²) in [5.74, 6) is -0.295. The number of thiazole rings is 1. The Bertz CT molecular complexity index is 1390. The Morgan fingerprint density at radius 2 is 1.85 bits per heavy atom. The van der Waals surface area contributed by atoms with Gasteiger partial charge in [-0.15, -0.1) is 0 Å². The fourth-order valence-corrected chi connectivity index (χ4v) is 5.68. The van der Waals surface area contributed by atoms with Crippen LogP contribution in [-0.2, 0) is 16.4 Å². The zero-order valence-corrected chi connectivity index (χ0v) is 20.7. The van der Waals surface area contributed by atoms with E-state index in [0.29, 0.717) is 23.8 Å². The molecule has 0 saturated heterocycles. The van der Waals surface area contributed by atoms with Crippen LogP contribution >= 0.6 is 11.3 Å². The van der Waals surface area contributed by atoms with Crippen molar-refractivity contribution < 1.29 is 13.2 Å². The second-order valence-electron chi connectivity index (χ2n) is 8.19. The summed E-state index contributed by atoms with van der Waals surface area (Å²) in [6.07, 6.45) is 0. The zero-order chi connectivity index (χ0) is 23.8. The van der Waals surface area contributed by atoms with Gasteiger partial charge in [-0.05, 0) is 64.1 Å². The molecular weight excluding hydrogens is 456 g/mol. The summed E-state index contributed by atoms with van der Waals surface area (Å²) >= 11 is 1.43. The molecular formula is C24H26N4O3S2. The molecule has 0 unspecified atom stereocenters. The number of rotatable bonds is 7. The fraction of sp³-hybridized carbons (Fsp3) is 0.292. The summed E-state index contributed by atoms with van der Waals surface area (Å²) in [6, 6.07) is 16.0. The molecule has 33 heavy (non-hydrogen) atoms. The van der Waals surface area contributed by atoms with Gasteiger partial charge < -0.3 is 0 Å². The van der Waals surface area contributed by atoms with Gasteiger partial charge in [0, 0.05) is 17.8 Å². The number of para-hydroxylation sites is 1. The van der Waals surface area contributed by atoms with E-state index in [4.69, 9.17) is 0 Å². The Morgan fingerprint density at radius 3 is 2.52 bits per heavy atom. The van der Waals surface area contributed by atoms with E-state index in [1.807, 2.05) is 48.9 Å². The molecule has 0 aliphatic rings. The van der Waals surface area contributed by atoms with Gasteiger partial charge in [0.05, 0.1) is 32.6 Å². The molecule has 0 atom stereocenters.